The fraction of sp³-hybridized carbons (Fsp3) is 0.0526. The molecule has 0 aliphatic carbocycles. The molecule has 1 unspecified atom stereocenters. The quantitative estimate of drug-likeness (QED) is 0.464. The monoisotopic (exact) mass is 283 g/mol. The summed E-state index contributed by atoms with van der Waals surface area (Å²) < 4.78 is 2.25. The summed E-state index contributed by atoms with van der Waals surface area (Å²) in [7, 11) is 0. The average Bonchev–Trinajstić information content (AvgIpc) is 3.15. The van der Waals surface area contributed by atoms with Crippen molar-refractivity contribution in [2.45, 2.75) is 6.04 Å². The van der Waals surface area contributed by atoms with Crippen LogP contribution in [0.25, 0.3) is 22.0 Å². The summed E-state index contributed by atoms with van der Waals surface area (Å²) >= 11 is 0. The normalized spacial score (nSPS) is 15.7. The Kier molecular flexibility index (Phi) is 2.27. The van der Waals surface area contributed by atoms with Crippen molar-refractivity contribution in [1.82, 2.24) is 14.5 Å². The maximum atomic E-state index is 4.33. The predicted molar refractivity (Wildman–Crippen MR) is 86.6 cm³/mol. The second-order valence-corrected chi connectivity index (χ2v) is 5.66. The standard InChI is InChI=1S/C19H13N3/c1-2-4-17-16(3-1)18-11-21-12-22(18)19(17)14-6-5-13-7-8-20-10-15(13)9-14/h1-12,19H. The Balaban J connectivity index is 1.77. The van der Waals surface area contributed by atoms with E-state index >= 15 is 0 Å². The van der Waals surface area contributed by atoms with Gasteiger partial charge in [0, 0.05) is 23.3 Å². The lowest BCUT2D eigenvalue weighted by Crippen LogP contribution is -2.06. The summed E-state index contributed by atoms with van der Waals surface area (Å²) in [5, 5.41) is 2.39. The van der Waals surface area contributed by atoms with Crippen molar-refractivity contribution in [3.63, 3.8) is 0 Å². The van der Waals surface area contributed by atoms with Gasteiger partial charge in [-0.15, -0.1) is 0 Å². The molecule has 0 radical (unpaired) electrons. The number of imidazole rings is 1. The van der Waals surface area contributed by atoms with Gasteiger partial charge in [0.15, 0.2) is 0 Å². The van der Waals surface area contributed by atoms with Crippen LogP contribution in [0.15, 0.2) is 73.4 Å². The highest BCUT2D eigenvalue weighted by Gasteiger charge is 2.29. The van der Waals surface area contributed by atoms with E-state index in [1.165, 1.54) is 33.2 Å². The van der Waals surface area contributed by atoms with Gasteiger partial charge in [-0.2, -0.15) is 0 Å². The van der Waals surface area contributed by atoms with Crippen LogP contribution in [-0.4, -0.2) is 14.5 Å². The molecule has 0 amide bonds. The smallest absolute Gasteiger partial charge is 0.0959 e. The Morgan fingerprint density at radius 1 is 0.864 bits per heavy atom. The zero-order chi connectivity index (χ0) is 14.5. The minimum atomic E-state index is 0.193. The molecule has 5 rings (SSSR count). The molecule has 1 aliphatic heterocycles. The fourth-order valence-electron chi connectivity index (χ4n) is 3.45. The Morgan fingerprint density at radius 2 is 1.82 bits per heavy atom. The minimum Gasteiger partial charge on any atom is -0.319 e. The lowest BCUT2D eigenvalue weighted by molar-refractivity contribution is 0.713. The maximum Gasteiger partial charge on any atom is 0.0959 e. The van der Waals surface area contributed by atoms with Gasteiger partial charge in [-0.3, -0.25) is 4.98 Å². The van der Waals surface area contributed by atoms with Crippen LogP contribution in [-0.2, 0) is 0 Å². The van der Waals surface area contributed by atoms with Gasteiger partial charge >= 0.3 is 0 Å². The van der Waals surface area contributed by atoms with E-state index in [1.807, 2.05) is 31.0 Å². The van der Waals surface area contributed by atoms with Crippen molar-refractivity contribution in [3.8, 4) is 11.3 Å². The molecule has 22 heavy (non-hydrogen) atoms. The minimum absolute atomic E-state index is 0.193. The highest BCUT2D eigenvalue weighted by atomic mass is 15.1. The first kappa shape index (κ1) is 11.7. The Labute approximate surface area is 127 Å². The number of rotatable bonds is 1. The van der Waals surface area contributed by atoms with Crippen LogP contribution in [0.2, 0.25) is 0 Å². The molecule has 3 heterocycles. The zero-order valence-electron chi connectivity index (χ0n) is 11.8. The summed E-state index contributed by atoms with van der Waals surface area (Å²) in [5.41, 5.74) is 5.07. The van der Waals surface area contributed by atoms with Gasteiger partial charge in [-0.25, -0.2) is 4.98 Å². The predicted octanol–water partition coefficient (Wildman–Crippen LogP) is 4.05. The summed E-state index contributed by atoms with van der Waals surface area (Å²) in [6.07, 6.45) is 7.63. The van der Waals surface area contributed by atoms with E-state index in [9.17, 15) is 0 Å². The fourth-order valence-corrected chi connectivity index (χ4v) is 3.45. The molecule has 1 aliphatic rings. The van der Waals surface area contributed by atoms with E-state index in [0.29, 0.717) is 0 Å². The molecular weight excluding hydrogens is 270 g/mol. The first-order chi connectivity index (χ1) is 10.9. The first-order valence-corrected chi connectivity index (χ1v) is 7.36. The van der Waals surface area contributed by atoms with Crippen LogP contribution in [0.3, 0.4) is 0 Å². The van der Waals surface area contributed by atoms with E-state index in [4.69, 9.17) is 0 Å². The lowest BCUT2D eigenvalue weighted by atomic mass is 9.96. The lowest BCUT2D eigenvalue weighted by Gasteiger charge is -2.16. The molecule has 4 aromatic rings. The summed E-state index contributed by atoms with van der Waals surface area (Å²) in [4.78, 5) is 8.57. The third-order valence-electron chi connectivity index (χ3n) is 4.46. The van der Waals surface area contributed by atoms with Crippen molar-refractivity contribution in [1.29, 1.82) is 0 Å². The molecule has 2 aromatic heterocycles. The van der Waals surface area contributed by atoms with Gasteiger partial charge < -0.3 is 4.57 Å². The molecule has 3 nitrogen and oxygen atoms in total. The molecule has 0 N–H and O–H groups in total. The molecule has 2 aromatic carbocycles. The largest absolute Gasteiger partial charge is 0.319 e. The summed E-state index contributed by atoms with van der Waals surface area (Å²) in [6.45, 7) is 0. The number of hydrogen-bond acceptors (Lipinski definition) is 2. The topological polar surface area (TPSA) is 30.7 Å². The number of fused-ring (bicyclic) bond motifs is 4. The van der Waals surface area contributed by atoms with Gasteiger partial charge in [0.25, 0.3) is 0 Å². The molecule has 0 saturated heterocycles. The van der Waals surface area contributed by atoms with Gasteiger partial charge in [0.1, 0.15) is 0 Å². The van der Waals surface area contributed by atoms with E-state index in [1.54, 1.807) is 0 Å². The second-order valence-electron chi connectivity index (χ2n) is 5.66. The second kappa shape index (κ2) is 4.28. The van der Waals surface area contributed by atoms with Gasteiger partial charge in [-0.1, -0.05) is 36.4 Å². The molecule has 3 heteroatoms. The van der Waals surface area contributed by atoms with Crippen LogP contribution in [0.1, 0.15) is 17.2 Å². The van der Waals surface area contributed by atoms with Crippen LogP contribution in [0.5, 0.6) is 0 Å². The van der Waals surface area contributed by atoms with E-state index in [0.717, 1.165) is 0 Å². The first-order valence-electron chi connectivity index (χ1n) is 7.36. The molecule has 104 valence electrons. The average molecular weight is 283 g/mol. The Bertz CT molecular complexity index is 1000. The third kappa shape index (κ3) is 1.51. The van der Waals surface area contributed by atoms with E-state index < -0.39 is 0 Å². The molecule has 0 spiro atoms. The van der Waals surface area contributed by atoms with Crippen molar-refractivity contribution in [2.75, 3.05) is 0 Å². The van der Waals surface area contributed by atoms with Crippen LogP contribution in [0.4, 0.5) is 0 Å². The summed E-state index contributed by atoms with van der Waals surface area (Å²) in [6, 6.07) is 17.4. The van der Waals surface area contributed by atoms with Crippen molar-refractivity contribution >= 4 is 10.8 Å². The Hall–Kier alpha value is -2.94. The van der Waals surface area contributed by atoms with E-state index in [-0.39, 0.29) is 6.04 Å². The van der Waals surface area contributed by atoms with Gasteiger partial charge in [0.05, 0.1) is 24.3 Å². The molecule has 0 saturated carbocycles. The highest BCUT2D eigenvalue weighted by Crippen LogP contribution is 2.42. The van der Waals surface area contributed by atoms with Crippen molar-refractivity contribution in [3.05, 3.63) is 84.6 Å². The third-order valence-corrected chi connectivity index (χ3v) is 4.46. The maximum absolute atomic E-state index is 4.33. The molecular formula is C19H13N3. The number of benzene rings is 2. The highest BCUT2D eigenvalue weighted by molar-refractivity contribution is 5.83. The van der Waals surface area contributed by atoms with E-state index in [2.05, 4.69) is 57.0 Å². The van der Waals surface area contributed by atoms with Crippen LogP contribution in [0, 0.1) is 0 Å². The number of pyridine rings is 1. The zero-order valence-corrected chi connectivity index (χ0v) is 11.8. The molecule has 0 bridgehead atoms. The number of nitrogens with zero attached hydrogens (tertiary/aromatic N) is 3. The van der Waals surface area contributed by atoms with Crippen LogP contribution < -0.4 is 0 Å². The van der Waals surface area contributed by atoms with Gasteiger partial charge in [-0.05, 0) is 28.6 Å². The SMILES string of the molecule is c1ccc2c(c1)-c1cncn1C2c1ccc2ccncc2c1. The number of hydrogen-bond donors (Lipinski definition) is 0. The molecule has 0 fully saturated rings. The van der Waals surface area contributed by atoms with Gasteiger partial charge in [0.2, 0.25) is 0 Å². The molecule has 1 atom stereocenters. The Morgan fingerprint density at radius 3 is 2.82 bits per heavy atom. The van der Waals surface area contributed by atoms with Crippen molar-refractivity contribution < 1.29 is 0 Å². The number of aromatic nitrogens is 3. The van der Waals surface area contributed by atoms with Crippen LogP contribution >= 0.6 is 0 Å². The van der Waals surface area contributed by atoms with Crippen molar-refractivity contribution in [2.24, 2.45) is 0 Å². The summed E-state index contributed by atoms with van der Waals surface area (Å²) in [5.74, 6) is 0.